The highest BCUT2D eigenvalue weighted by molar-refractivity contribution is 7.92. The van der Waals surface area contributed by atoms with Gasteiger partial charge >= 0.3 is 0 Å². The minimum absolute atomic E-state index is 0.0888. The van der Waals surface area contributed by atoms with Crippen LogP contribution in [0.1, 0.15) is 0 Å². The highest BCUT2D eigenvalue weighted by atomic mass is 35.5. The zero-order valence-corrected chi connectivity index (χ0v) is 15.6. The molecule has 0 saturated carbocycles. The van der Waals surface area contributed by atoms with E-state index in [4.69, 9.17) is 11.6 Å². The van der Waals surface area contributed by atoms with Crippen LogP contribution >= 0.6 is 22.9 Å². The smallest absolute Gasteiger partial charge is 0.261 e. The average Bonchev–Trinajstić information content (AvgIpc) is 3.08. The second-order valence-corrected chi connectivity index (χ2v) is 8.38. The summed E-state index contributed by atoms with van der Waals surface area (Å²) in [7, 11) is -3.75. The lowest BCUT2D eigenvalue weighted by Gasteiger charge is -2.10. The van der Waals surface area contributed by atoms with E-state index in [1.807, 2.05) is 17.5 Å². The standard InChI is InChI=1S/C18H12ClN3O2S2/c19-17-16(22-26(23,24)13-5-2-1-3-6-13)9-12(10-21-17)15-11-25-18-14(15)7-4-8-20-18/h1-11,22H. The molecule has 0 amide bonds. The number of aromatic nitrogens is 2. The van der Waals surface area contributed by atoms with Crippen LogP contribution in [0.5, 0.6) is 0 Å². The Morgan fingerprint density at radius 2 is 1.85 bits per heavy atom. The van der Waals surface area contributed by atoms with Crippen molar-refractivity contribution in [2.24, 2.45) is 0 Å². The van der Waals surface area contributed by atoms with E-state index in [-0.39, 0.29) is 15.7 Å². The second kappa shape index (κ2) is 6.68. The molecule has 3 heterocycles. The Morgan fingerprint density at radius 1 is 1.04 bits per heavy atom. The van der Waals surface area contributed by atoms with E-state index in [0.717, 1.165) is 21.3 Å². The first-order valence-electron chi connectivity index (χ1n) is 7.60. The molecule has 8 heteroatoms. The van der Waals surface area contributed by atoms with Crippen molar-refractivity contribution in [3.8, 4) is 11.1 Å². The maximum absolute atomic E-state index is 12.6. The molecule has 0 aliphatic carbocycles. The van der Waals surface area contributed by atoms with Crippen molar-refractivity contribution in [3.63, 3.8) is 0 Å². The largest absolute Gasteiger partial charge is 0.276 e. The Balaban J connectivity index is 1.76. The summed E-state index contributed by atoms with van der Waals surface area (Å²) >= 11 is 7.64. The van der Waals surface area contributed by atoms with E-state index in [9.17, 15) is 8.42 Å². The van der Waals surface area contributed by atoms with Crippen LogP contribution in [0.2, 0.25) is 5.15 Å². The lowest BCUT2D eigenvalue weighted by Crippen LogP contribution is -2.13. The average molecular weight is 402 g/mol. The van der Waals surface area contributed by atoms with E-state index >= 15 is 0 Å². The third-order valence-corrected chi connectivity index (χ3v) is 6.38. The van der Waals surface area contributed by atoms with Crippen LogP contribution in [0.15, 0.2) is 71.2 Å². The van der Waals surface area contributed by atoms with Gasteiger partial charge in [-0.25, -0.2) is 18.4 Å². The van der Waals surface area contributed by atoms with Gasteiger partial charge < -0.3 is 0 Å². The zero-order chi connectivity index (χ0) is 18.1. The van der Waals surface area contributed by atoms with Gasteiger partial charge in [0.15, 0.2) is 5.15 Å². The monoisotopic (exact) mass is 401 g/mol. The molecule has 0 radical (unpaired) electrons. The van der Waals surface area contributed by atoms with Crippen LogP contribution in [-0.2, 0) is 10.0 Å². The van der Waals surface area contributed by atoms with Crippen LogP contribution in [0.25, 0.3) is 21.3 Å². The topological polar surface area (TPSA) is 72.0 Å². The summed E-state index contributed by atoms with van der Waals surface area (Å²) in [5, 5.41) is 3.04. The van der Waals surface area contributed by atoms with E-state index in [1.165, 1.54) is 23.5 Å². The number of halogens is 1. The third kappa shape index (κ3) is 3.16. The minimum atomic E-state index is -3.75. The molecule has 0 aliphatic rings. The number of anilines is 1. The molecule has 4 aromatic rings. The molecule has 0 aliphatic heterocycles. The number of sulfonamides is 1. The molecule has 130 valence electrons. The number of hydrogen-bond donors (Lipinski definition) is 1. The fourth-order valence-electron chi connectivity index (χ4n) is 2.56. The van der Waals surface area contributed by atoms with Gasteiger partial charge in [0, 0.05) is 34.3 Å². The predicted molar refractivity (Wildman–Crippen MR) is 105 cm³/mol. The first-order chi connectivity index (χ1) is 12.5. The number of rotatable bonds is 4. The minimum Gasteiger partial charge on any atom is -0.276 e. The Hall–Kier alpha value is -2.48. The van der Waals surface area contributed by atoms with Gasteiger partial charge in [-0.15, -0.1) is 11.3 Å². The summed E-state index contributed by atoms with van der Waals surface area (Å²) in [5.41, 5.74) is 1.93. The molecule has 0 fully saturated rings. The zero-order valence-electron chi connectivity index (χ0n) is 13.3. The van der Waals surface area contributed by atoms with Crippen LogP contribution in [0.3, 0.4) is 0 Å². The summed E-state index contributed by atoms with van der Waals surface area (Å²) in [6, 6.07) is 13.6. The molecule has 3 aromatic heterocycles. The SMILES string of the molecule is O=S(=O)(Nc1cc(-c2csc3ncccc23)cnc1Cl)c1ccccc1. The molecule has 0 saturated heterocycles. The molecule has 0 spiro atoms. The number of fused-ring (bicyclic) bond motifs is 1. The van der Waals surface area contributed by atoms with Gasteiger partial charge in [-0.3, -0.25) is 4.72 Å². The highest BCUT2D eigenvalue weighted by Crippen LogP contribution is 2.35. The van der Waals surface area contributed by atoms with Gasteiger partial charge in [-0.2, -0.15) is 0 Å². The summed E-state index contributed by atoms with van der Waals surface area (Å²) in [5.74, 6) is 0. The van der Waals surface area contributed by atoms with Crippen LogP contribution < -0.4 is 4.72 Å². The van der Waals surface area contributed by atoms with Gasteiger partial charge in [-0.1, -0.05) is 29.8 Å². The maximum atomic E-state index is 12.6. The van der Waals surface area contributed by atoms with Crippen molar-refractivity contribution in [1.82, 2.24) is 9.97 Å². The quantitative estimate of drug-likeness (QED) is 0.498. The van der Waals surface area contributed by atoms with Gasteiger partial charge in [0.05, 0.1) is 10.6 Å². The molecule has 0 unspecified atom stereocenters. The van der Waals surface area contributed by atoms with Gasteiger partial charge in [0.1, 0.15) is 4.83 Å². The molecule has 0 atom stereocenters. The summed E-state index contributed by atoms with van der Waals surface area (Å²) in [4.78, 5) is 9.53. The number of nitrogens with one attached hydrogen (secondary N) is 1. The molecular formula is C18H12ClN3O2S2. The van der Waals surface area contributed by atoms with Crippen molar-refractivity contribution in [2.75, 3.05) is 4.72 Å². The van der Waals surface area contributed by atoms with E-state index in [2.05, 4.69) is 14.7 Å². The number of pyridine rings is 2. The Kier molecular flexibility index (Phi) is 4.36. The van der Waals surface area contributed by atoms with E-state index in [1.54, 1.807) is 36.7 Å². The number of benzene rings is 1. The second-order valence-electron chi connectivity index (χ2n) is 5.49. The lowest BCUT2D eigenvalue weighted by molar-refractivity contribution is 0.601. The fraction of sp³-hybridized carbons (Fsp3) is 0. The van der Waals surface area contributed by atoms with Crippen molar-refractivity contribution < 1.29 is 8.42 Å². The molecule has 1 N–H and O–H groups in total. The molecule has 0 bridgehead atoms. The summed E-state index contributed by atoms with van der Waals surface area (Å²) < 4.78 is 27.6. The molecule has 5 nitrogen and oxygen atoms in total. The van der Waals surface area contributed by atoms with Crippen molar-refractivity contribution in [3.05, 3.63) is 71.5 Å². The van der Waals surface area contributed by atoms with Crippen LogP contribution in [0, 0.1) is 0 Å². The fourth-order valence-corrected chi connectivity index (χ4v) is 4.77. The number of nitrogens with zero attached hydrogens (tertiary/aromatic N) is 2. The third-order valence-electron chi connectivity index (χ3n) is 3.80. The van der Waals surface area contributed by atoms with E-state index < -0.39 is 10.0 Å². The molecular weight excluding hydrogens is 390 g/mol. The molecule has 1 aromatic carbocycles. The summed E-state index contributed by atoms with van der Waals surface area (Å²) in [6.45, 7) is 0. The van der Waals surface area contributed by atoms with E-state index in [0.29, 0.717) is 0 Å². The Labute approximate surface area is 159 Å². The predicted octanol–water partition coefficient (Wildman–Crippen LogP) is 4.81. The molecule has 26 heavy (non-hydrogen) atoms. The van der Waals surface area contributed by atoms with Gasteiger partial charge in [0.2, 0.25) is 0 Å². The number of thiophene rings is 1. The van der Waals surface area contributed by atoms with Crippen LogP contribution in [0.4, 0.5) is 5.69 Å². The first kappa shape index (κ1) is 17.0. The maximum Gasteiger partial charge on any atom is 0.261 e. The Morgan fingerprint density at radius 3 is 2.65 bits per heavy atom. The highest BCUT2D eigenvalue weighted by Gasteiger charge is 2.17. The van der Waals surface area contributed by atoms with Gasteiger partial charge in [-0.05, 0) is 30.3 Å². The normalized spacial score (nSPS) is 11.6. The Bertz CT molecular complexity index is 1190. The van der Waals surface area contributed by atoms with Gasteiger partial charge in [0.25, 0.3) is 10.0 Å². The number of hydrogen-bond acceptors (Lipinski definition) is 5. The van der Waals surface area contributed by atoms with Crippen molar-refractivity contribution in [1.29, 1.82) is 0 Å². The first-order valence-corrected chi connectivity index (χ1v) is 10.3. The van der Waals surface area contributed by atoms with Crippen molar-refractivity contribution >= 4 is 48.9 Å². The van der Waals surface area contributed by atoms with Crippen LogP contribution in [-0.4, -0.2) is 18.4 Å². The van der Waals surface area contributed by atoms with Crippen molar-refractivity contribution in [2.45, 2.75) is 4.90 Å². The molecule has 4 rings (SSSR count). The lowest BCUT2D eigenvalue weighted by atomic mass is 10.1. The summed E-state index contributed by atoms with van der Waals surface area (Å²) in [6.07, 6.45) is 3.36.